The molecule has 0 N–H and O–H groups in total. The van der Waals surface area contributed by atoms with E-state index in [0.29, 0.717) is 5.92 Å². The van der Waals surface area contributed by atoms with Gasteiger partial charge >= 0.3 is 0 Å². The number of aromatic nitrogens is 1. The molecule has 1 aromatic heterocycles. The second-order valence-electron chi connectivity index (χ2n) is 7.27. The highest BCUT2D eigenvalue weighted by Crippen LogP contribution is 2.56. The van der Waals surface area contributed by atoms with E-state index in [1.165, 1.54) is 42.1 Å². The van der Waals surface area contributed by atoms with Gasteiger partial charge in [-0.15, -0.1) is 11.3 Å². The van der Waals surface area contributed by atoms with Crippen LogP contribution in [0.3, 0.4) is 0 Å². The number of hydrogen-bond acceptors (Lipinski definition) is 3. The maximum Gasteiger partial charge on any atom is 0.118 e. The number of benzene rings is 2. The molecule has 4 unspecified atom stereocenters. The number of thiazole rings is 1. The summed E-state index contributed by atoms with van der Waals surface area (Å²) in [5.41, 5.74) is 2.70. The van der Waals surface area contributed by atoms with E-state index in [2.05, 4.69) is 70.9 Å². The Bertz CT molecular complexity index is 831. The van der Waals surface area contributed by atoms with Gasteiger partial charge in [0.2, 0.25) is 0 Å². The Morgan fingerprint density at radius 1 is 1.00 bits per heavy atom. The predicted molar refractivity (Wildman–Crippen MR) is 103 cm³/mol. The molecule has 0 amide bonds. The van der Waals surface area contributed by atoms with Crippen molar-refractivity contribution in [1.82, 2.24) is 9.88 Å². The van der Waals surface area contributed by atoms with E-state index in [0.717, 1.165) is 5.92 Å². The molecule has 2 saturated heterocycles. The summed E-state index contributed by atoms with van der Waals surface area (Å²) in [4.78, 5) is 7.57. The van der Waals surface area contributed by atoms with Crippen molar-refractivity contribution >= 4 is 11.3 Å². The highest BCUT2D eigenvalue weighted by atomic mass is 32.1. The standard InChI is InChI=1S/C22H22N2S/c1-3-7-18(8-4-1)20-15-17-11-13-24(16-17)22(20,21-23-12-14-25-21)19-9-5-2-6-10-19/h1-10,12,14,17,20H,11,13,15-16H2. The minimum absolute atomic E-state index is 0.135. The third-order valence-electron chi connectivity index (χ3n) is 6.03. The van der Waals surface area contributed by atoms with Crippen molar-refractivity contribution in [3.63, 3.8) is 0 Å². The molecule has 126 valence electrons. The average molecular weight is 346 g/mol. The predicted octanol–water partition coefficient (Wildman–Crippen LogP) is 4.90. The molecule has 2 nitrogen and oxygen atoms in total. The Kier molecular flexibility index (Phi) is 3.72. The van der Waals surface area contributed by atoms with E-state index in [9.17, 15) is 0 Å². The maximum atomic E-state index is 4.86. The lowest BCUT2D eigenvalue weighted by Crippen LogP contribution is -2.53. The van der Waals surface area contributed by atoms with Gasteiger partial charge in [0, 0.05) is 24.0 Å². The molecule has 2 fully saturated rings. The van der Waals surface area contributed by atoms with Gasteiger partial charge < -0.3 is 0 Å². The molecular weight excluding hydrogens is 324 g/mol. The number of piperidine rings is 1. The quantitative estimate of drug-likeness (QED) is 0.671. The zero-order valence-electron chi connectivity index (χ0n) is 14.2. The normalized spacial score (nSPS) is 31.1. The minimum Gasteiger partial charge on any atom is -0.287 e. The molecular formula is C22H22N2S. The van der Waals surface area contributed by atoms with Crippen LogP contribution in [0.5, 0.6) is 0 Å². The summed E-state index contributed by atoms with van der Waals surface area (Å²) in [6.45, 7) is 2.36. The lowest BCUT2D eigenvalue weighted by Gasteiger charge is -2.50. The summed E-state index contributed by atoms with van der Waals surface area (Å²) in [6.07, 6.45) is 4.52. The van der Waals surface area contributed by atoms with Gasteiger partial charge in [-0.25, -0.2) is 4.98 Å². The minimum atomic E-state index is -0.135. The third-order valence-corrected chi connectivity index (χ3v) is 6.93. The van der Waals surface area contributed by atoms with E-state index in [1.54, 1.807) is 11.3 Å². The Morgan fingerprint density at radius 2 is 1.76 bits per heavy atom. The van der Waals surface area contributed by atoms with Crippen LogP contribution >= 0.6 is 11.3 Å². The molecule has 2 aliphatic heterocycles. The van der Waals surface area contributed by atoms with Crippen LogP contribution < -0.4 is 0 Å². The fourth-order valence-electron chi connectivity index (χ4n) is 5.03. The van der Waals surface area contributed by atoms with Crippen molar-refractivity contribution in [3.05, 3.63) is 88.4 Å². The van der Waals surface area contributed by atoms with Crippen LogP contribution in [0, 0.1) is 5.92 Å². The van der Waals surface area contributed by atoms with Gasteiger partial charge in [-0.1, -0.05) is 60.7 Å². The second kappa shape index (κ2) is 6.08. The van der Waals surface area contributed by atoms with Crippen LogP contribution in [0.4, 0.5) is 0 Å². The van der Waals surface area contributed by atoms with Crippen LogP contribution in [0.15, 0.2) is 72.2 Å². The molecule has 5 rings (SSSR count). The van der Waals surface area contributed by atoms with Crippen LogP contribution in [0.1, 0.15) is 34.9 Å². The summed E-state index contributed by atoms with van der Waals surface area (Å²) < 4.78 is 0. The van der Waals surface area contributed by atoms with Crippen molar-refractivity contribution in [3.8, 4) is 0 Å². The van der Waals surface area contributed by atoms with Gasteiger partial charge in [-0.3, -0.25) is 4.90 Å². The van der Waals surface area contributed by atoms with E-state index in [-0.39, 0.29) is 5.54 Å². The first-order valence-electron chi connectivity index (χ1n) is 9.14. The summed E-state index contributed by atoms with van der Waals surface area (Å²) in [5, 5.41) is 3.37. The summed E-state index contributed by atoms with van der Waals surface area (Å²) in [5.74, 6) is 1.26. The van der Waals surface area contributed by atoms with E-state index >= 15 is 0 Å². The summed E-state index contributed by atoms with van der Waals surface area (Å²) in [7, 11) is 0. The Morgan fingerprint density at radius 3 is 2.48 bits per heavy atom. The molecule has 3 heterocycles. The molecule has 2 bridgehead atoms. The van der Waals surface area contributed by atoms with Gasteiger partial charge in [0.15, 0.2) is 0 Å². The molecule has 25 heavy (non-hydrogen) atoms. The topological polar surface area (TPSA) is 16.1 Å². The SMILES string of the molecule is c1ccc(C2CC3CCN(C3)C2(c2ccccc2)c2nccs2)cc1. The van der Waals surface area contributed by atoms with E-state index < -0.39 is 0 Å². The van der Waals surface area contributed by atoms with Crippen LogP contribution in [0.25, 0.3) is 0 Å². The fraction of sp³-hybridized carbons (Fsp3) is 0.318. The molecule has 4 atom stereocenters. The molecule has 0 spiro atoms. The molecule has 0 aliphatic carbocycles. The Hall–Kier alpha value is -1.97. The third kappa shape index (κ3) is 2.30. The van der Waals surface area contributed by atoms with Crippen LogP contribution in [0.2, 0.25) is 0 Å². The van der Waals surface area contributed by atoms with Gasteiger partial charge in [0.1, 0.15) is 10.5 Å². The lowest BCUT2D eigenvalue weighted by molar-refractivity contribution is 0.0792. The smallest absolute Gasteiger partial charge is 0.118 e. The molecule has 0 radical (unpaired) electrons. The molecule has 3 heteroatoms. The molecule has 2 aromatic carbocycles. The van der Waals surface area contributed by atoms with Gasteiger partial charge in [-0.05, 0) is 36.4 Å². The largest absolute Gasteiger partial charge is 0.287 e. The number of hydrogen-bond donors (Lipinski definition) is 0. The van der Waals surface area contributed by atoms with Crippen molar-refractivity contribution in [2.75, 3.05) is 13.1 Å². The van der Waals surface area contributed by atoms with Gasteiger partial charge in [0.25, 0.3) is 0 Å². The van der Waals surface area contributed by atoms with Gasteiger partial charge in [0.05, 0.1) is 0 Å². The van der Waals surface area contributed by atoms with Crippen LogP contribution in [-0.2, 0) is 5.54 Å². The van der Waals surface area contributed by atoms with Crippen molar-refractivity contribution in [2.24, 2.45) is 5.92 Å². The Balaban J connectivity index is 1.78. The second-order valence-corrected chi connectivity index (χ2v) is 8.16. The maximum absolute atomic E-state index is 4.86. The van der Waals surface area contributed by atoms with Crippen molar-refractivity contribution in [2.45, 2.75) is 24.3 Å². The lowest BCUT2D eigenvalue weighted by atomic mass is 9.68. The van der Waals surface area contributed by atoms with Crippen LogP contribution in [-0.4, -0.2) is 23.0 Å². The molecule has 3 aromatic rings. The summed E-state index contributed by atoms with van der Waals surface area (Å²) in [6, 6.07) is 22.2. The zero-order valence-corrected chi connectivity index (χ0v) is 15.0. The highest BCUT2D eigenvalue weighted by Gasteiger charge is 2.55. The first-order chi connectivity index (χ1) is 12.4. The summed E-state index contributed by atoms with van der Waals surface area (Å²) >= 11 is 1.81. The fourth-order valence-corrected chi connectivity index (χ4v) is 5.97. The van der Waals surface area contributed by atoms with E-state index in [4.69, 9.17) is 4.98 Å². The number of fused-ring (bicyclic) bond motifs is 2. The van der Waals surface area contributed by atoms with E-state index in [1.807, 2.05) is 6.20 Å². The first kappa shape index (κ1) is 15.3. The monoisotopic (exact) mass is 346 g/mol. The molecule has 0 saturated carbocycles. The van der Waals surface area contributed by atoms with Crippen molar-refractivity contribution in [1.29, 1.82) is 0 Å². The number of rotatable bonds is 3. The van der Waals surface area contributed by atoms with Gasteiger partial charge in [-0.2, -0.15) is 0 Å². The Labute approximate surface area is 153 Å². The van der Waals surface area contributed by atoms with Crippen molar-refractivity contribution < 1.29 is 0 Å². The molecule has 2 aliphatic rings. The average Bonchev–Trinajstić information content (AvgIpc) is 3.35. The zero-order chi connectivity index (χ0) is 16.7. The highest BCUT2D eigenvalue weighted by molar-refractivity contribution is 7.09. The number of nitrogens with zero attached hydrogens (tertiary/aromatic N) is 2. The first-order valence-corrected chi connectivity index (χ1v) is 10.0.